The number of rotatable bonds is 3. The van der Waals surface area contributed by atoms with E-state index in [9.17, 15) is 9.50 Å². The third-order valence-corrected chi connectivity index (χ3v) is 4.32. The van der Waals surface area contributed by atoms with Crippen molar-refractivity contribution >= 4 is 23.0 Å². The summed E-state index contributed by atoms with van der Waals surface area (Å²) < 4.78 is 13.3. The van der Waals surface area contributed by atoms with E-state index < -0.39 is 5.82 Å². The summed E-state index contributed by atoms with van der Waals surface area (Å²) in [4.78, 5) is 0. The molecule has 1 saturated carbocycles. The number of nitrogens with two attached hydrogens (primary N) is 1. The van der Waals surface area contributed by atoms with Gasteiger partial charge >= 0.3 is 0 Å². The first-order chi connectivity index (χ1) is 8.96. The second-order valence-electron chi connectivity index (χ2n) is 5.60. The molecule has 0 atom stereocenters. The van der Waals surface area contributed by atoms with E-state index >= 15 is 0 Å². The summed E-state index contributed by atoms with van der Waals surface area (Å²) in [5.41, 5.74) is 6.34. The molecule has 0 saturated heterocycles. The minimum absolute atomic E-state index is 0.0359. The van der Waals surface area contributed by atoms with Gasteiger partial charge in [0, 0.05) is 6.07 Å². The standard InChI is InChI=1S/C14H20ClFN2O/c1-9-2-4-14(8-19,5-3-9)18-13-6-10(15)11(16)7-12(13)17/h6-7,9,18-19H,2-5,8,17H2,1H3. The lowest BCUT2D eigenvalue weighted by Gasteiger charge is -2.39. The number of hydrogen-bond donors (Lipinski definition) is 3. The molecular weight excluding hydrogens is 267 g/mol. The van der Waals surface area contributed by atoms with Gasteiger partial charge in [0.15, 0.2) is 0 Å². The molecule has 1 fully saturated rings. The predicted octanol–water partition coefficient (Wildman–Crippen LogP) is 3.41. The summed E-state index contributed by atoms with van der Waals surface area (Å²) in [5.74, 6) is 0.149. The Labute approximate surface area is 117 Å². The molecule has 0 aromatic heterocycles. The molecule has 5 heteroatoms. The van der Waals surface area contributed by atoms with E-state index in [-0.39, 0.29) is 17.2 Å². The Bertz CT molecular complexity index is 459. The summed E-state index contributed by atoms with van der Waals surface area (Å²) in [6.07, 6.45) is 3.86. The van der Waals surface area contributed by atoms with Crippen molar-refractivity contribution in [2.24, 2.45) is 5.92 Å². The van der Waals surface area contributed by atoms with E-state index in [1.807, 2.05) is 0 Å². The van der Waals surface area contributed by atoms with Gasteiger partial charge in [-0.3, -0.25) is 0 Å². The number of nitrogens with one attached hydrogen (secondary N) is 1. The van der Waals surface area contributed by atoms with E-state index in [2.05, 4.69) is 12.2 Å². The lowest BCUT2D eigenvalue weighted by molar-refractivity contribution is 0.155. The molecule has 4 N–H and O–H groups in total. The SMILES string of the molecule is CC1CCC(CO)(Nc2cc(Cl)c(F)cc2N)CC1. The Hall–Kier alpha value is -1.00. The molecule has 0 heterocycles. The number of halogens is 2. The van der Waals surface area contributed by atoms with Gasteiger partial charge < -0.3 is 16.2 Å². The van der Waals surface area contributed by atoms with Crippen LogP contribution in [-0.2, 0) is 0 Å². The Kier molecular flexibility index (Phi) is 4.21. The largest absolute Gasteiger partial charge is 0.397 e. The number of benzene rings is 1. The predicted molar refractivity (Wildman–Crippen MR) is 76.9 cm³/mol. The van der Waals surface area contributed by atoms with E-state index in [4.69, 9.17) is 17.3 Å². The molecule has 0 unspecified atom stereocenters. The zero-order chi connectivity index (χ0) is 14.0. The van der Waals surface area contributed by atoms with Crippen molar-refractivity contribution in [1.29, 1.82) is 0 Å². The number of nitrogen functional groups attached to an aromatic ring is 1. The monoisotopic (exact) mass is 286 g/mol. The highest BCUT2D eigenvalue weighted by molar-refractivity contribution is 6.31. The van der Waals surface area contributed by atoms with Gasteiger partial charge in [0.2, 0.25) is 0 Å². The van der Waals surface area contributed by atoms with Crippen LogP contribution in [0.5, 0.6) is 0 Å². The van der Waals surface area contributed by atoms with Crippen molar-refractivity contribution in [1.82, 2.24) is 0 Å². The Balaban J connectivity index is 2.21. The first kappa shape index (κ1) is 14.4. The third-order valence-electron chi connectivity index (χ3n) is 4.03. The van der Waals surface area contributed by atoms with Gasteiger partial charge in [-0.15, -0.1) is 0 Å². The number of hydrogen-bond acceptors (Lipinski definition) is 3. The summed E-state index contributed by atoms with van der Waals surface area (Å²) in [6, 6.07) is 2.70. The topological polar surface area (TPSA) is 58.3 Å². The van der Waals surface area contributed by atoms with Crippen LogP contribution in [-0.4, -0.2) is 17.3 Å². The summed E-state index contributed by atoms with van der Waals surface area (Å²) in [7, 11) is 0. The molecule has 1 aromatic rings. The van der Waals surface area contributed by atoms with Crippen molar-refractivity contribution in [3.63, 3.8) is 0 Å². The van der Waals surface area contributed by atoms with Gasteiger partial charge in [-0.25, -0.2) is 4.39 Å². The Morgan fingerprint density at radius 2 is 2.11 bits per heavy atom. The second kappa shape index (κ2) is 5.55. The molecule has 0 radical (unpaired) electrons. The van der Waals surface area contributed by atoms with Gasteiger partial charge in [-0.1, -0.05) is 18.5 Å². The van der Waals surface area contributed by atoms with Gasteiger partial charge in [-0.2, -0.15) is 0 Å². The van der Waals surface area contributed by atoms with Crippen LogP contribution in [0.15, 0.2) is 12.1 Å². The van der Waals surface area contributed by atoms with Gasteiger partial charge in [0.05, 0.1) is 28.5 Å². The van der Waals surface area contributed by atoms with Crippen LogP contribution < -0.4 is 11.1 Å². The van der Waals surface area contributed by atoms with Crippen LogP contribution >= 0.6 is 11.6 Å². The lowest BCUT2D eigenvalue weighted by atomic mass is 9.77. The normalized spacial score (nSPS) is 27.3. The maximum atomic E-state index is 13.3. The molecule has 1 aliphatic carbocycles. The summed E-state index contributed by atoms with van der Waals surface area (Å²) in [6.45, 7) is 2.25. The average Bonchev–Trinajstić information content (AvgIpc) is 2.39. The fraction of sp³-hybridized carbons (Fsp3) is 0.571. The van der Waals surface area contributed by atoms with Crippen molar-refractivity contribution in [3.05, 3.63) is 23.0 Å². The van der Waals surface area contributed by atoms with Crippen molar-refractivity contribution < 1.29 is 9.50 Å². The molecule has 0 spiro atoms. The van der Waals surface area contributed by atoms with E-state index in [1.165, 1.54) is 12.1 Å². The van der Waals surface area contributed by atoms with Crippen LogP contribution in [0.1, 0.15) is 32.6 Å². The van der Waals surface area contributed by atoms with Crippen molar-refractivity contribution in [2.75, 3.05) is 17.7 Å². The quantitative estimate of drug-likeness (QED) is 0.746. The third kappa shape index (κ3) is 3.12. The molecule has 0 aliphatic heterocycles. The molecule has 2 rings (SSSR count). The van der Waals surface area contributed by atoms with Crippen LogP contribution in [0, 0.1) is 11.7 Å². The van der Waals surface area contributed by atoms with E-state index in [0.717, 1.165) is 25.7 Å². The first-order valence-electron chi connectivity index (χ1n) is 6.59. The van der Waals surface area contributed by atoms with Gasteiger partial charge in [0.25, 0.3) is 0 Å². The zero-order valence-electron chi connectivity index (χ0n) is 11.0. The average molecular weight is 287 g/mol. The Morgan fingerprint density at radius 1 is 1.47 bits per heavy atom. The van der Waals surface area contributed by atoms with Crippen molar-refractivity contribution in [2.45, 2.75) is 38.1 Å². The number of aliphatic hydroxyl groups is 1. The maximum Gasteiger partial charge on any atom is 0.143 e. The molecule has 3 nitrogen and oxygen atoms in total. The van der Waals surface area contributed by atoms with Crippen LogP contribution in [0.25, 0.3) is 0 Å². The van der Waals surface area contributed by atoms with E-state index in [1.54, 1.807) is 0 Å². The molecule has 0 bridgehead atoms. The summed E-state index contributed by atoms with van der Waals surface area (Å²) >= 11 is 5.78. The zero-order valence-corrected chi connectivity index (χ0v) is 11.8. The van der Waals surface area contributed by atoms with E-state index in [0.29, 0.717) is 17.3 Å². The highest BCUT2D eigenvalue weighted by Crippen LogP contribution is 2.36. The lowest BCUT2D eigenvalue weighted by Crippen LogP contribution is -2.45. The van der Waals surface area contributed by atoms with Gasteiger partial charge in [0.1, 0.15) is 5.82 Å². The molecule has 1 aliphatic rings. The molecule has 106 valence electrons. The molecular formula is C14H20ClFN2O. The minimum atomic E-state index is -0.528. The second-order valence-corrected chi connectivity index (χ2v) is 6.01. The summed E-state index contributed by atoms with van der Waals surface area (Å²) in [5, 5.41) is 13.0. The molecule has 19 heavy (non-hydrogen) atoms. The molecule has 1 aromatic carbocycles. The van der Waals surface area contributed by atoms with Crippen LogP contribution in [0.3, 0.4) is 0 Å². The minimum Gasteiger partial charge on any atom is -0.397 e. The number of anilines is 2. The Morgan fingerprint density at radius 3 is 2.68 bits per heavy atom. The maximum absolute atomic E-state index is 13.3. The van der Waals surface area contributed by atoms with Crippen LogP contribution in [0.4, 0.5) is 15.8 Å². The fourth-order valence-electron chi connectivity index (χ4n) is 2.59. The fourth-order valence-corrected chi connectivity index (χ4v) is 2.76. The highest BCUT2D eigenvalue weighted by Gasteiger charge is 2.34. The van der Waals surface area contributed by atoms with Crippen LogP contribution in [0.2, 0.25) is 5.02 Å². The smallest absolute Gasteiger partial charge is 0.143 e. The first-order valence-corrected chi connectivity index (χ1v) is 6.97. The number of aliphatic hydroxyl groups excluding tert-OH is 1. The van der Waals surface area contributed by atoms with Crippen molar-refractivity contribution in [3.8, 4) is 0 Å². The molecule has 0 amide bonds. The van der Waals surface area contributed by atoms with Gasteiger partial charge in [-0.05, 0) is 37.7 Å². The highest BCUT2D eigenvalue weighted by atomic mass is 35.5.